The van der Waals surface area contributed by atoms with Crippen LogP contribution in [0, 0.1) is 0 Å². The first-order chi connectivity index (χ1) is 9.29. The third kappa shape index (κ3) is 3.46. The van der Waals surface area contributed by atoms with Crippen LogP contribution < -0.4 is 10.5 Å². The van der Waals surface area contributed by atoms with Crippen LogP contribution in [0.25, 0.3) is 0 Å². The summed E-state index contributed by atoms with van der Waals surface area (Å²) in [6.07, 6.45) is 0. The van der Waals surface area contributed by atoms with Crippen LogP contribution in [-0.2, 0) is 10.0 Å². The van der Waals surface area contributed by atoms with Crippen molar-refractivity contribution in [3.05, 3.63) is 50.4 Å². The maximum Gasteiger partial charge on any atom is 0.261 e. The molecule has 0 aliphatic heterocycles. The van der Waals surface area contributed by atoms with Gasteiger partial charge in [0.1, 0.15) is 0 Å². The van der Waals surface area contributed by atoms with Gasteiger partial charge < -0.3 is 5.73 Å². The van der Waals surface area contributed by atoms with Gasteiger partial charge in [0, 0.05) is 14.6 Å². The predicted molar refractivity (Wildman–Crippen MR) is 88.5 cm³/mol. The molecule has 20 heavy (non-hydrogen) atoms. The molecule has 4 nitrogen and oxygen atoms in total. The van der Waals surface area contributed by atoms with Crippen LogP contribution in [0.3, 0.4) is 0 Å². The number of nitrogens with two attached hydrogens (primary N) is 1. The van der Waals surface area contributed by atoms with Gasteiger partial charge >= 0.3 is 0 Å². The molecule has 0 fully saturated rings. The van der Waals surface area contributed by atoms with Crippen molar-refractivity contribution in [2.45, 2.75) is 4.90 Å². The molecule has 0 aliphatic carbocycles. The van der Waals surface area contributed by atoms with E-state index in [1.807, 2.05) is 0 Å². The standard InChI is InChI=1S/C12H9Br2ClN2O2S/c13-9-3-1-7(5-11(9)15)17-20(18,19)8-2-4-12(16)10(14)6-8/h1-6,17H,16H2. The molecule has 0 saturated heterocycles. The minimum atomic E-state index is -3.69. The monoisotopic (exact) mass is 438 g/mol. The van der Waals surface area contributed by atoms with Gasteiger partial charge in [0.15, 0.2) is 0 Å². The summed E-state index contributed by atoms with van der Waals surface area (Å²) >= 11 is 12.4. The minimum Gasteiger partial charge on any atom is -0.398 e. The summed E-state index contributed by atoms with van der Waals surface area (Å²) < 4.78 is 28.1. The van der Waals surface area contributed by atoms with Crippen LogP contribution in [0.1, 0.15) is 0 Å². The van der Waals surface area contributed by atoms with Gasteiger partial charge in [-0.3, -0.25) is 4.72 Å². The second kappa shape index (κ2) is 5.93. The zero-order valence-electron chi connectivity index (χ0n) is 9.90. The maximum atomic E-state index is 12.2. The van der Waals surface area contributed by atoms with Crippen molar-refractivity contribution in [1.29, 1.82) is 0 Å². The van der Waals surface area contributed by atoms with Crippen molar-refractivity contribution in [1.82, 2.24) is 0 Å². The van der Waals surface area contributed by atoms with Crippen LogP contribution in [-0.4, -0.2) is 8.42 Å². The van der Waals surface area contributed by atoms with Crippen LogP contribution in [0.2, 0.25) is 5.02 Å². The fourth-order valence-corrected chi connectivity index (χ4v) is 3.48. The lowest BCUT2D eigenvalue weighted by Gasteiger charge is -2.10. The molecule has 0 aliphatic rings. The summed E-state index contributed by atoms with van der Waals surface area (Å²) in [4.78, 5) is 0.109. The summed E-state index contributed by atoms with van der Waals surface area (Å²) in [6, 6.07) is 9.20. The second-order valence-electron chi connectivity index (χ2n) is 3.92. The summed E-state index contributed by atoms with van der Waals surface area (Å²) in [5.74, 6) is 0. The fraction of sp³-hybridized carbons (Fsp3) is 0. The van der Waals surface area contributed by atoms with Gasteiger partial charge in [0.05, 0.1) is 15.6 Å². The number of halogens is 3. The highest BCUT2D eigenvalue weighted by Crippen LogP contribution is 2.28. The Bertz CT molecular complexity index is 766. The number of hydrogen-bond donors (Lipinski definition) is 2. The number of nitrogen functional groups attached to an aromatic ring is 1. The molecule has 0 saturated carbocycles. The van der Waals surface area contributed by atoms with Gasteiger partial charge in [-0.25, -0.2) is 8.42 Å². The lowest BCUT2D eigenvalue weighted by molar-refractivity contribution is 0.601. The smallest absolute Gasteiger partial charge is 0.261 e. The minimum absolute atomic E-state index is 0.109. The average Bonchev–Trinajstić information content (AvgIpc) is 2.37. The Kier molecular flexibility index (Phi) is 4.63. The van der Waals surface area contributed by atoms with Crippen molar-refractivity contribution in [3.63, 3.8) is 0 Å². The summed E-state index contributed by atoms with van der Waals surface area (Å²) in [6.45, 7) is 0. The van der Waals surface area contributed by atoms with E-state index in [-0.39, 0.29) is 4.90 Å². The molecule has 0 heterocycles. The van der Waals surface area contributed by atoms with Gasteiger partial charge in [0.2, 0.25) is 0 Å². The molecule has 3 N–H and O–H groups in total. The molecule has 0 unspecified atom stereocenters. The maximum absolute atomic E-state index is 12.2. The molecular formula is C12H9Br2ClN2O2S. The van der Waals surface area contributed by atoms with Crippen molar-refractivity contribution < 1.29 is 8.42 Å². The Morgan fingerprint density at radius 1 is 1.05 bits per heavy atom. The molecule has 0 amide bonds. The summed E-state index contributed by atoms with van der Waals surface area (Å²) in [5.41, 5.74) is 6.49. The first-order valence-corrected chi connectivity index (χ1v) is 8.77. The highest BCUT2D eigenvalue weighted by atomic mass is 79.9. The zero-order valence-corrected chi connectivity index (χ0v) is 14.6. The number of anilines is 2. The molecule has 106 valence electrons. The third-order valence-corrected chi connectivity index (χ3v) is 5.75. The number of benzene rings is 2. The van der Waals surface area contributed by atoms with Gasteiger partial charge in [0.25, 0.3) is 10.0 Å². The van der Waals surface area contributed by atoms with E-state index in [2.05, 4.69) is 36.6 Å². The van der Waals surface area contributed by atoms with Crippen molar-refractivity contribution in [2.75, 3.05) is 10.5 Å². The van der Waals surface area contributed by atoms with Crippen molar-refractivity contribution >= 4 is 64.9 Å². The molecule has 0 spiro atoms. The molecule has 0 radical (unpaired) electrons. The van der Waals surface area contributed by atoms with Crippen LogP contribution in [0.5, 0.6) is 0 Å². The molecular weight excluding hydrogens is 431 g/mol. The van der Waals surface area contributed by atoms with E-state index in [0.717, 1.165) is 0 Å². The molecule has 2 aromatic rings. The van der Waals surface area contributed by atoms with Gasteiger partial charge in [-0.05, 0) is 68.3 Å². The fourth-order valence-electron chi connectivity index (χ4n) is 1.45. The number of rotatable bonds is 3. The molecule has 0 atom stereocenters. The summed E-state index contributed by atoms with van der Waals surface area (Å²) in [5, 5.41) is 0.420. The molecule has 0 aromatic heterocycles. The number of hydrogen-bond acceptors (Lipinski definition) is 3. The SMILES string of the molecule is Nc1ccc(S(=O)(=O)Nc2ccc(Br)c(Cl)c2)cc1Br. The van der Waals surface area contributed by atoms with Gasteiger partial charge in [-0.15, -0.1) is 0 Å². The van der Waals surface area contributed by atoms with E-state index < -0.39 is 10.0 Å². The van der Waals surface area contributed by atoms with Crippen LogP contribution in [0.15, 0.2) is 50.2 Å². The van der Waals surface area contributed by atoms with E-state index in [9.17, 15) is 8.42 Å². The lowest BCUT2D eigenvalue weighted by Crippen LogP contribution is -2.13. The Balaban J connectivity index is 2.35. The molecule has 2 aromatic carbocycles. The molecule has 0 bridgehead atoms. The van der Waals surface area contributed by atoms with E-state index in [1.54, 1.807) is 12.1 Å². The lowest BCUT2D eigenvalue weighted by atomic mass is 10.3. The second-order valence-corrected chi connectivity index (χ2v) is 7.72. The Labute approximate surface area is 138 Å². The quantitative estimate of drug-likeness (QED) is 0.701. The van der Waals surface area contributed by atoms with Crippen LogP contribution in [0.4, 0.5) is 11.4 Å². The van der Waals surface area contributed by atoms with Gasteiger partial charge in [-0.1, -0.05) is 11.6 Å². The number of sulfonamides is 1. The molecule has 8 heteroatoms. The van der Waals surface area contributed by atoms with Gasteiger partial charge in [-0.2, -0.15) is 0 Å². The highest BCUT2D eigenvalue weighted by Gasteiger charge is 2.15. The predicted octanol–water partition coefficient (Wildman–Crippen LogP) is 4.25. The first-order valence-electron chi connectivity index (χ1n) is 5.32. The Hall–Kier alpha value is -0.760. The van der Waals surface area contributed by atoms with E-state index in [0.29, 0.717) is 25.3 Å². The third-order valence-electron chi connectivity index (χ3n) is 2.45. The summed E-state index contributed by atoms with van der Waals surface area (Å²) in [7, 11) is -3.69. The zero-order chi connectivity index (χ0) is 14.9. The van der Waals surface area contributed by atoms with E-state index in [4.69, 9.17) is 17.3 Å². The van der Waals surface area contributed by atoms with E-state index >= 15 is 0 Å². The Morgan fingerprint density at radius 3 is 2.35 bits per heavy atom. The van der Waals surface area contributed by atoms with Crippen LogP contribution >= 0.6 is 43.5 Å². The first kappa shape index (κ1) is 15.6. The van der Waals surface area contributed by atoms with Crippen molar-refractivity contribution in [3.8, 4) is 0 Å². The van der Waals surface area contributed by atoms with E-state index in [1.165, 1.54) is 24.3 Å². The van der Waals surface area contributed by atoms with Crippen molar-refractivity contribution in [2.24, 2.45) is 0 Å². The highest BCUT2D eigenvalue weighted by molar-refractivity contribution is 9.11. The topological polar surface area (TPSA) is 72.2 Å². The normalized spacial score (nSPS) is 11.3. The largest absolute Gasteiger partial charge is 0.398 e. The number of nitrogens with one attached hydrogen (secondary N) is 1. The Morgan fingerprint density at radius 2 is 1.75 bits per heavy atom. The molecule has 2 rings (SSSR count). The average molecular weight is 441 g/mol.